The quantitative estimate of drug-likeness (QED) is 0.777. The van der Waals surface area contributed by atoms with Crippen molar-refractivity contribution in [2.24, 2.45) is 0 Å². The number of carbonyl (C=O) groups excluding carboxylic acids is 2. The third kappa shape index (κ3) is 5.69. The van der Waals surface area contributed by atoms with Gasteiger partial charge in [-0.2, -0.15) is 0 Å². The number of anilines is 1. The first kappa shape index (κ1) is 17.5. The monoisotopic (exact) mass is 350 g/mol. The molecule has 0 aliphatic heterocycles. The molecule has 2 aromatic rings. The van der Waals surface area contributed by atoms with E-state index >= 15 is 0 Å². The first-order chi connectivity index (χ1) is 11.1. The average Bonchev–Trinajstić information content (AvgIpc) is 3.00. The van der Waals surface area contributed by atoms with Gasteiger partial charge in [0.25, 0.3) is 0 Å². The number of thiazole rings is 1. The van der Waals surface area contributed by atoms with Gasteiger partial charge in [-0.25, -0.2) is 4.98 Å². The van der Waals surface area contributed by atoms with E-state index in [4.69, 9.17) is 0 Å². The van der Waals surface area contributed by atoms with Gasteiger partial charge in [0.15, 0.2) is 5.13 Å². The van der Waals surface area contributed by atoms with E-state index < -0.39 is 0 Å². The Hall–Kier alpha value is -1.86. The van der Waals surface area contributed by atoms with E-state index in [1.165, 1.54) is 24.0 Å². The highest BCUT2D eigenvalue weighted by Gasteiger charge is 2.16. The Morgan fingerprint density at radius 3 is 2.78 bits per heavy atom. The van der Waals surface area contributed by atoms with Gasteiger partial charge in [0.1, 0.15) is 0 Å². The maximum atomic E-state index is 12.2. The number of esters is 1. The fraction of sp³-hybridized carbons (Fsp3) is 0.312. The Labute approximate surface area is 143 Å². The van der Waals surface area contributed by atoms with Gasteiger partial charge in [0.2, 0.25) is 5.91 Å². The number of amides is 1. The summed E-state index contributed by atoms with van der Waals surface area (Å²) in [6.45, 7) is 1.87. The highest BCUT2D eigenvalue weighted by atomic mass is 32.2. The first-order valence-corrected chi connectivity index (χ1v) is 8.99. The zero-order valence-corrected chi connectivity index (χ0v) is 14.6. The van der Waals surface area contributed by atoms with Gasteiger partial charge in [0.05, 0.1) is 24.5 Å². The minimum Gasteiger partial charge on any atom is -0.469 e. The van der Waals surface area contributed by atoms with E-state index in [1.54, 1.807) is 17.1 Å². The predicted molar refractivity (Wildman–Crippen MR) is 93.7 cm³/mol. The molecular weight excluding hydrogens is 332 g/mol. The molecule has 1 heterocycles. The van der Waals surface area contributed by atoms with Gasteiger partial charge in [-0.05, 0) is 12.5 Å². The van der Waals surface area contributed by atoms with Crippen LogP contribution in [0.2, 0.25) is 0 Å². The van der Waals surface area contributed by atoms with Crippen molar-refractivity contribution in [1.82, 2.24) is 4.98 Å². The number of hydrogen-bond acceptors (Lipinski definition) is 6. The summed E-state index contributed by atoms with van der Waals surface area (Å²) >= 11 is 2.87. The summed E-state index contributed by atoms with van der Waals surface area (Å²) in [5.41, 5.74) is 1.79. The summed E-state index contributed by atoms with van der Waals surface area (Å²) < 4.78 is 4.59. The highest BCUT2D eigenvalue weighted by Crippen LogP contribution is 2.21. The molecular formula is C16H18N2O3S2. The van der Waals surface area contributed by atoms with Crippen molar-refractivity contribution in [3.63, 3.8) is 0 Å². The number of benzene rings is 1. The van der Waals surface area contributed by atoms with Crippen LogP contribution in [0.3, 0.4) is 0 Å². The van der Waals surface area contributed by atoms with E-state index in [2.05, 4.69) is 15.0 Å². The number of carbonyl (C=O) groups is 2. The van der Waals surface area contributed by atoms with Crippen LogP contribution in [0.4, 0.5) is 5.13 Å². The highest BCUT2D eigenvalue weighted by molar-refractivity contribution is 7.99. The van der Waals surface area contributed by atoms with Gasteiger partial charge < -0.3 is 10.1 Å². The molecule has 122 valence electrons. The molecule has 0 aliphatic carbocycles. The third-order valence-corrected chi connectivity index (χ3v) is 5.07. The van der Waals surface area contributed by atoms with Crippen molar-refractivity contribution in [2.45, 2.75) is 24.3 Å². The lowest BCUT2D eigenvalue weighted by Crippen LogP contribution is -2.22. The van der Waals surface area contributed by atoms with Crippen molar-refractivity contribution in [3.05, 3.63) is 47.0 Å². The molecule has 1 atom stereocenters. The molecule has 2 rings (SSSR count). The zero-order valence-electron chi connectivity index (χ0n) is 12.9. The van der Waals surface area contributed by atoms with Crippen molar-refractivity contribution in [1.29, 1.82) is 0 Å². The van der Waals surface area contributed by atoms with Crippen molar-refractivity contribution in [3.8, 4) is 0 Å². The summed E-state index contributed by atoms with van der Waals surface area (Å²) in [6, 6.07) is 10.0. The van der Waals surface area contributed by atoms with Crippen LogP contribution in [0.1, 0.15) is 18.2 Å². The number of aromatic nitrogens is 1. The molecule has 0 saturated heterocycles. The second-order valence-electron chi connectivity index (χ2n) is 4.82. The minimum atomic E-state index is -0.347. The Balaban J connectivity index is 1.82. The van der Waals surface area contributed by atoms with Crippen LogP contribution in [-0.2, 0) is 26.5 Å². The maximum absolute atomic E-state index is 12.2. The van der Waals surface area contributed by atoms with E-state index in [0.717, 1.165) is 5.75 Å². The molecule has 1 amide bonds. The second kappa shape index (κ2) is 8.69. The lowest BCUT2D eigenvalue weighted by atomic mass is 10.2. The van der Waals surface area contributed by atoms with E-state index in [1.807, 2.05) is 37.3 Å². The number of ether oxygens (including phenoxy) is 1. The Morgan fingerprint density at radius 1 is 1.35 bits per heavy atom. The molecule has 1 aromatic heterocycles. The van der Waals surface area contributed by atoms with E-state index in [-0.39, 0.29) is 23.5 Å². The van der Waals surface area contributed by atoms with Crippen molar-refractivity contribution < 1.29 is 14.3 Å². The Bertz CT molecular complexity index is 658. The molecule has 23 heavy (non-hydrogen) atoms. The van der Waals surface area contributed by atoms with Crippen LogP contribution in [-0.4, -0.2) is 29.2 Å². The number of rotatable bonds is 7. The van der Waals surface area contributed by atoms with Crippen LogP contribution < -0.4 is 5.32 Å². The van der Waals surface area contributed by atoms with Gasteiger partial charge in [0, 0.05) is 11.1 Å². The van der Waals surface area contributed by atoms with E-state index in [9.17, 15) is 9.59 Å². The van der Waals surface area contributed by atoms with E-state index in [0.29, 0.717) is 10.8 Å². The zero-order chi connectivity index (χ0) is 16.7. The number of methoxy groups -OCH3 is 1. The lowest BCUT2D eigenvalue weighted by molar-refractivity contribution is -0.139. The molecule has 0 spiro atoms. The molecule has 0 radical (unpaired) electrons. The van der Waals surface area contributed by atoms with Gasteiger partial charge in [-0.3, -0.25) is 9.59 Å². The molecule has 7 heteroatoms. The van der Waals surface area contributed by atoms with Crippen molar-refractivity contribution in [2.75, 3.05) is 12.4 Å². The third-order valence-electron chi connectivity index (χ3n) is 3.05. The van der Waals surface area contributed by atoms with Gasteiger partial charge in [-0.1, -0.05) is 30.3 Å². The summed E-state index contributed by atoms with van der Waals surface area (Å²) in [6.07, 6.45) is 0.112. The van der Waals surface area contributed by atoms with Gasteiger partial charge in [-0.15, -0.1) is 23.1 Å². The molecule has 1 aromatic carbocycles. The molecule has 0 fully saturated rings. The summed E-state index contributed by atoms with van der Waals surface area (Å²) in [5, 5.41) is 4.84. The Morgan fingerprint density at radius 2 is 2.09 bits per heavy atom. The number of nitrogens with one attached hydrogen (secondary N) is 1. The topological polar surface area (TPSA) is 68.3 Å². The van der Waals surface area contributed by atoms with Crippen LogP contribution in [0.5, 0.6) is 0 Å². The number of thioether (sulfide) groups is 1. The Kier molecular flexibility index (Phi) is 6.61. The number of nitrogens with zero attached hydrogens (tertiary/aromatic N) is 1. The normalized spacial score (nSPS) is 11.7. The fourth-order valence-electron chi connectivity index (χ4n) is 1.74. The molecule has 0 aliphatic rings. The molecule has 0 bridgehead atoms. The van der Waals surface area contributed by atoms with Crippen molar-refractivity contribution >= 4 is 40.1 Å². The number of hydrogen-bond donors (Lipinski definition) is 1. The minimum absolute atomic E-state index is 0.0927. The molecule has 1 N–H and O–H groups in total. The lowest BCUT2D eigenvalue weighted by Gasteiger charge is -2.10. The SMILES string of the molecule is COC(=O)Cc1csc(NC(=O)C(C)SCc2ccccc2)n1. The summed E-state index contributed by atoms with van der Waals surface area (Å²) in [5.74, 6) is 0.339. The molecule has 5 nitrogen and oxygen atoms in total. The van der Waals surface area contributed by atoms with Crippen LogP contribution in [0.25, 0.3) is 0 Å². The van der Waals surface area contributed by atoms with Crippen LogP contribution >= 0.6 is 23.1 Å². The van der Waals surface area contributed by atoms with Crippen LogP contribution in [0, 0.1) is 0 Å². The summed E-state index contributed by atoms with van der Waals surface area (Å²) in [4.78, 5) is 27.6. The maximum Gasteiger partial charge on any atom is 0.311 e. The standard InChI is InChI=1S/C16H18N2O3S2/c1-11(22-9-12-6-4-3-5-7-12)15(20)18-16-17-13(10-23-16)8-14(19)21-2/h3-7,10-11H,8-9H2,1-2H3,(H,17,18,20). The summed E-state index contributed by atoms with van der Waals surface area (Å²) in [7, 11) is 1.34. The van der Waals surface area contributed by atoms with Gasteiger partial charge >= 0.3 is 5.97 Å². The smallest absolute Gasteiger partial charge is 0.311 e. The first-order valence-electron chi connectivity index (χ1n) is 7.06. The second-order valence-corrected chi connectivity index (χ2v) is 7.01. The van der Waals surface area contributed by atoms with Crippen LogP contribution in [0.15, 0.2) is 35.7 Å². The fourth-order valence-corrected chi connectivity index (χ4v) is 3.30. The average molecular weight is 350 g/mol. The predicted octanol–water partition coefficient (Wildman–Crippen LogP) is 3.12. The molecule has 0 saturated carbocycles. The largest absolute Gasteiger partial charge is 0.469 e. The molecule has 1 unspecified atom stereocenters.